The minimum absolute atomic E-state index is 0.248. The molecule has 2 heterocycles. The van der Waals surface area contributed by atoms with Crippen molar-refractivity contribution in [2.45, 2.75) is 32.8 Å². The van der Waals surface area contributed by atoms with E-state index >= 15 is 0 Å². The lowest BCUT2D eigenvalue weighted by Gasteiger charge is -2.16. The third-order valence-electron chi connectivity index (χ3n) is 5.18. The first-order valence-electron chi connectivity index (χ1n) is 9.94. The minimum Gasteiger partial charge on any atom is -0.478 e. The first kappa shape index (κ1) is 21.5. The molecule has 2 aromatic carbocycles. The summed E-state index contributed by atoms with van der Waals surface area (Å²) in [4.78, 5) is 22.8. The predicted molar refractivity (Wildman–Crippen MR) is 127 cm³/mol. The van der Waals surface area contributed by atoms with Gasteiger partial charge < -0.3 is 9.84 Å². The summed E-state index contributed by atoms with van der Waals surface area (Å²) >= 11 is 5.21. The Morgan fingerprint density at radius 3 is 2.65 bits per heavy atom. The molecule has 0 radical (unpaired) electrons. The zero-order chi connectivity index (χ0) is 22.0. The molecular formula is C24H21BrN2O3S. The zero-order valence-corrected chi connectivity index (χ0v) is 19.5. The Labute approximate surface area is 192 Å². The molecule has 4 rings (SSSR count). The van der Waals surface area contributed by atoms with E-state index in [0.717, 1.165) is 48.2 Å². The first-order valence-corrected chi connectivity index (χ1v) is 11.6. The number of carboxylic acid groups (broad SMARTS) is 1. The molecule has 0 aliphatic rings. The number of ether oxygens (including phenoxy) is 1. The molecule has 2 aromatic heterocycles. The van der Waals surface area contributed by atoms with Crippen LogP contribution in [0.4, 0.5) is 0 Å². The quantitative estimate of drug-likeness (QED) is 0.336. The van der Waals surface area contributed by atoms with Gasteiger partial charge in [0.2, 0.25) is 12.0 Å². The summed E-state index contributed by atoms with van der Waals surface area (Å²) in [5, 5.41) is 10.6. The average Bonchev–Trinajstić information content (AvgIpc) is 3.15. The fraction of sp³-hybridized carbons (Fsp3) is 0.208. The molecule has 0 saturated carbocycles. The second-order valence-electron chi connectivity index (χ2n) is 7.16. The molecule has 0 spiro atoms. The van der Waals surface area contributed by atoms with E-state index in [0.29, 0.717) is 5.88 Å². The molecule has 31 heavy (non-hydrogen) atoms. The second kappa shape index (κ2) is 9.16. The summed E-state index contributed by atoms with van der Waals surface area (Å²) in [7, 11) is 0. The molecule has 0 aliphatic heterocycles. The van der Waals surface area contributed by atoms with Crippen molar-refractivity contribution in [3.8, 4) is 17.0 Å². The Hall–Kier alpha value is -2.77. The Kier molecular flexibility index (Phi) is 6.34. The van der Waals surface area contributed by atoms with Crippen molar-refractivity contribution in [2.24, 2.45) is 0 Å². The van der Waals surface area contributed by atoms with Crippen LogP contribution in [0.5, 0.6) is 5.88 Å². The van der Waals surface area contributed by atoms with Gasteiger partial charge in [-0.05, 0) is 36.1 Å². The smallest absolute Gasteiger partial charge is 0.345 e. The van der Waals surface area contributed by atoms with E-state index in [1.54, 1.807) is 11.3 Å². The maximum absolute atomic E-state index is 12.0. The molecule has 0 unspecified atom stereocenters. The number of nitrogens with zero attached hydrogens (tertiary/aromatic N) is 2. The van der Waals surface area contributed by atoms with Crippen LogP contribution in [-0.2, 0) is 17.6 Å². The highest BCUT2D eigenvalue weighted by Gasteiger charge is 2.25. The highest BCUT2D eigenvalue weighted by molar-refractivity contribution is 9.10. The van der Waals surface area contributed by atoms with Crippen molar-refractivity contribution in [1.29, 1.82) is 0 Å². The summed E-state index contributed by atoms with van der Waals surface area (Å²) in [5.74, 6) is -0.722. The summed E-state index contributed by atoms with van der Waals surface area (Å²) in [6, 6.07) is 15.5. The number of fused-ring (bicyclic) bond motifs is 1. The first-order chi connectivity index (χ1) is 15.0. The minimum atomic E-state index is -1.05. The van der Waals surface area contributed by atoms with Crippen molar-refractivity contribution in [3.05, 3.63) is 75.3 Å². The van der Waals surface area contributed by atoms with E-state index in [9.17, 15) is 9.90 Å². The van der Waals surface area contributed by atoms with E-state index in [1.807, 2.05) is 42.5 Å². The maximum Gasteiger partial charge on any atom is 0.345 e. The third kappa shape index (κ3) is 4.34. The SMILES string of the molecule is CCc1sc2ncnc(O[C@H](Cc3ccccc3)C(=O)O)c2c1-c1cccc(Br)c1C. The summed E-state index contributed by atoms with van der Waals surface area (Å²) < 4.78 is 7.04. The molecule has 0 amide bonds. The van der Waals surface area contributed by atoms with Crippen molar-refractivity contribution >= 4 is 43.5 Å². The van der Waals surface area contributed by atoms with Gasteiger partial charge in [0.15, 0.2) is 0 Å². The predicted octanol–water partition coefficient (Wildman–Crippen LogP) is 6.07. The number of aliphatic carboxylic acids is 1. The highest BCUT2D eigenvalue weighted by Crippen LogP contribution is 2.44. The van der Waals surface area contributed by atoms with Crippen LogP contribution >= 0.6 is 27.3 Å². The third-order valence-corrected chi connectivity index (χ3v) is 7.28. The van der Waals surface area contributed by atoms with E-state index in [-0.39, 0.29) is 6.42 Å². The van der Waals surface area contributed by atoms with Crippen molar-refractivity contribution in [1.82, 2.24) is 9.97 Å². The average molecular weight is 497 g/mol. The van der Waals surface area contributed by atoms with E-state index in [4.69, 9.17) is 4.74 Å². The van der Waals surface area contributed by atoms with Gasteiger partial charge in [-0.1, -0.05) is 65.3 Å². The van der Waals surface area contributed by atoms with Crippen LogP contribution in [-0.4, -0.2) is 27.1 Å². The van der Waals surface area contributed by atoms with E-state index in [1.165, 1.54) is 6.33 Å². The van der Waals surface area contributed by atoms with Crippen molar-refractivity contribution < 1.29 is 14.6 Å². The van der Waals surface area contributed by atoms with Crippen LogP contribution in [0.3, 0.4) is 0 Å². The number of carbonyl (C=O) groups is 1. The van der Waals surface area contributed by atoms with Gasteiger partial charge >= 0.3 is 5.97 Å². The number of benzene rings is 2. The van der Waals surface area contributed by atoms with Crippen molar-refractivity contribution in [3.63, 3.8) is 0 Å². The van der Waals surface area contributed by atoms with Crippen LogP contribution in [0.1, 0.15) is 22.9 Å². The topological polar surface area (TPSA) is 72.3 Å². The van der Waals surface area contributed by atoms with Gasteiger partial charge in [-0.15, -0.1) is 11.3 Å². The molecule has 0 bridgehead atoms. The Morgan fingerprint density at radius 1 is 1.16 bits per heavy atom. The molecule has 5 nitrogen and oxygen atoms in total. The number of aromatic nitrogens is 2. The van der Waals surface area contributed by atoms with Gasteiger partial charge in [-0.3, -0.25) is 0 Å². The standard InChI is InChI=1S/C24H21BrN2O3S/c1-3-19-20(16-10-7-11-17(25)14(16)2)21-22(26-13-27-23(21)31-19)30-18(24(28)29)12-15-8-5-4-6-9-15/h4-11,13,18H,3,12H2,1-2H3,(H,28,29)/t18-/m1/s1. The highest BCUT2D eigenvalue weighted by atomic mass is 79.9. The largest absolute Gasteiger partial charge is 0.478 e. The molecular weight excluding hydrogens is 476 g/mol. The zero-order valence-electron chi connectivity index (χ0n) is 17.1. The van der Waals surface area contributed by atoms with Gasteiger partial charge in [0.05, 0.1) is 5.39 Å². The number of thiophene rings is 1. The van der Waals surface area contributed by atoms with Crippen LogP contribution < -0.4 is 4.74 Å². The molecule has 1 N–H and O–H groups in total. The Balaban J connectivity index is 1.84. The molecule has 0 fully saturated rings. The van der Waals surface area contributed by atoms with Gasteiger partial charge in [-0.25, -0.2) is 14.8 Å². The Bertz CT molecular complexity index is 1240. The van der Waals surface area contributed by atoms with Crippen LogP contribution in [0.25, 0.3) is 21.3 Å². The van der Waals surface area contributed by atoms with Gasteiger partial charge in [0.25, 0.3) is 0 Å². The second-order valence-corrected chi connectivity index (χ2v) is 9.10. The lowest BCUT2D eigenvalue weighted by Crippen LogP contribution is -2.29. The number of rotatable bonds is 7. The molecule has 4 aromatic rings. The van der Waals surface area contributed by atoms with Gasteiger partial charge in [-0.2, -0.15) is 0 Å². The fourth-order valence-electron chi connectivity index (χ4n) is 3.60. The molecule has 158 valence electrons. The van der Waals surface area contributed by atoms with Gasteiger partial charge in [0, 0.05) is 21.3 Å². The summed E-state index contributed by atoms with van der Waals surface area (Å²) in [5.41, 5.74) is 4.07. The lowest BCUT2D eigenvalue weighted by molar-refractivity contribution is -0.145. The molecule has 7 heteroatoms. The number of aryl methyl sites for hydroxylation is 1. The number of carboxylic acids is 1. The van der Waals surface area contributed by atoms with Crippen LogP contribution in [0, 0.1) is 6.92 Å². The monoisotopic (exact) mass is 496 g/mol. The fourth-order valence-corrected chi connectivity index (χ4v) is 5.05. The lowest BCUT2D eigenvalue weighted by atomic mass is 9.98. The summed E-state index contributed by atoms with van der Waals surface area (Å²) in [6.45, 7) is 4.16. The molecule has 1 atom stereocenters. The number of halogens is 1. The van der Waals surface area contributed by atoms with Crippen LogP contribution in [0.2, 0.25) is 0 Å². The van der Waals surface area contributed by atoms with Crippen LogP contribution in [0.15, 0.2) is 59.3 Å². The van der Waals surface area contributed by atoms with E-state index in [2.05, 4.69) is 45.8 Å². The number of hydrogen-bond acceptors (Lipinski definition) is 5. The maximum atomic E-state index is 12.0. The van der Waals surface area contributed by atoms with E-state index < -0.39 is 12.1 Å². The number of hydrogen-bond donors (Lipinski definition) is 1. The van der Waals surface area contributed by atoms with Crippen molar-refractivity contribution in [2.75, 3.05) is 0 Å². The normalized spacial score (nSPS) is 12.1. The molecule has 0 aliphatic carbocycles. The van der Waals surface area contributed by atoms with Gasteiger partial charge in [0.1, 0.15) is 11.2 Å². The molecule has 0 saturated heterocycles. The summed E-state index contributed by atoms with van der Waals surface area (Å²) in [6.07, 6.45) is 1.46. The Morgan fingerprint density at radius 2 is 1.94 bits per heavy atom.